The standard InChI is InChI=1S/C15H17F3N4O3S/c1-11-19-14(20-25-11)10-21-5-7-22(8-6-21)26(23,24)13-4-2-3-12(9-13)15(16,17)18/h2-4,9H,5-8,10H2,1H3. The van der Waals surface area contributed by atoms with Crippen molar-refractivity contribution < 1.29 is 26.1 Å². The molecule has 0 spiro atoms. The lowest BCUT2D eigenvalue weighted by molar-refractivity contribution is -0.137. The predicted octanol–water partition coefficient (Wildman–Crippen LogP) is 1.90. The minimum atomic E-state index is -4.59. The van der Waals surface area contributed by atoms with Crippen LogP contribution in [0, 0.1) is 6.92 Å². The Morgan fingerprint density at radius 3 is 2.46 bits per heavy atom. The van der Waals surface area contributed by atoms with Gasteiger partial charge in [0.15, 0.2) is 5.82 Å². The van der Waals surface area contributed by atoms with Crippen molar-refractivity contribution in [2.24, 2.45) is 0 Å². The van der Waals surface area contributed by atoms with E-state index in [4.69, 9.17) is 4.52 Å². The Bertz CT molecular complexity index is 874. The predicted molar refractivity (Wildman–Crippen MR) is 84.5 cm³/mol. The van der Waals surface area contributed by atoms with Crippen LogP contribution in [0.5, 0.6) is 0 Å². The van der Waals surface area contributed by atoms with Gasteiger partial charge in [0.1, 0.15) is 0 Å². The molecule has 7 nitrogen and oxygen atoms in total. The maximum absolute atomic E-state index is 12.8. The number of sulfonamides is 1. The van der Waals surface area contributed by atoms with Gasteiger partial charge in [-0.1, -0.05) is 11.2 Å². The summed E-state index contributed by atoms with van der Waals surface area (Å²) < 4.78 is 69.8. The Hall–Kier alpha value is -1.98. The van der Waals surface area contributed by atoms with Crippen molar-refractivity contribution in [3.63, 3.8) is 0 Å². The monoisotopic (exact) mass is 390 g/mol. The molecule has 1 aromatic heterocycles. The fourth-order valence-electron chi connectivity index (χ4n) is 2.72. The quantitative estimate of drug-likeness (QED) is 0.794. The summed E-state index contributed by atoms with van der Waals surface area (Å²) >= 11 is 0. The molecule has 0 bridgehead atoms. The second-order valence-electron chi connectivity index (χ2n) is 5.94. The van der Waals surface area contributed by atoms with Gasteiger partial charge < -0.3 is 4.52 Å². The van der Waals surface area contributed by atoms with Crippen LogP contribution < -0.4 is 0 Å². The van der Waals surface area contributed by atoms with E-state index in [0.29, 0.717) is 37.4 Å². The summed E-state index contributed by atoms with van der Waals surface area (Å²) in [7, 11) is -3.98. The minimum Gasteiger partial charge on any atom is -0.340 e. The number of nitrogens with zero attached hydrogens (tertiary/aromatic N) is 4. The molecule has 11 heteroatoms. The summed E-state index contributed by atoms with van der Waals surface area (Å²) in [4.78, 5) is 5.70. The highest BCUT2D eigenvalue weighted by Gasteiger charge is 2.34. The molecule has 0 aliphatic carbocycles. The van der Waals surface area contributed by atoms with Gasteiger partial charge in [0.05, 0.1) is 17.0 Å². The Morgan fingerprint density at radius 2 is 1.88 bits per heavy atom. The number of benzene rings is 1. The molecular weight excluding hydrogens is 373 g/mol. The van der Waals surface area contributed by atoms with E-state index >= 15 is 0 Å². The molecule has 0 radical (unpaired) electrons. The van der Waals surface area contributed by atoms with E-state index in [0.717, 1.165) is 12.1 Å². The smallest absolute Gasteiger partial charge is 0.340 e. The van der Waals surface area contributed by atoms with Crippen LogP contribution in [-0.2, 0) is 22.7 Å². The lowest BCUT2D eigenvalue weighted by Gasteiger charge is -2.33. The lowest BCUT2D eigenvalue weighted by atomic mass is 10.2. The van der Waals surface area contributed by atoms with Gasteiger partial charge in [0.2, 0.25) is 15.9 Å². The van der Waals surface area contributed by atoms with Crippen LogP contribution >= 0.6 is 0 Å². The van der Waals surface area contributed by atoms with Gasteiger partial charge >= 0.3 is 6.18 Å². The molecule has 1 aliphatic rings. The summed E-state index contributed by atoms with van der Waals surface area (Å²) in [5, 5.41) is 3.79. The molecule has 26 heavy (non-hydrogen) atoms. The number of halogens is 3. The summed E-state index contributed by atoms with van der Waals surface area (Å²) in [6.07, 6.45) is -4.59. The van der Waals surface area contributed by atoms with Crippen LogP contribution in [0.4, 0.5) is 13.2 Å². The maximum atomic E-state index is 12.8. The van der Waals surface area contributed by atoms with Crippen LogP contribution in [0.15, 0.2) is 33.7 Å². The Labute approximate surface area is 148 Å². The van der Waals surface area contributed by atoms with Gasteiger partial charge in [-0.05, 0) is 18.2 Å². The van der Waals surface area contributed by atoms with E-state index in [2.05, 4.69) is 10.1 Å². The van der Waals surface area contributed by atoms with Crippen LogP contribution in [0.3, 0.4) is 0 Å². The van der Waals surface area contributed by atoms with Gasteiger partial charge in [-0.25, -0.2) is 8.42 Å². The highest BCUT2D eigenvalue weighted by Crippen LogP contribution is 2.31. The molecule has 0 N–H and O–H groups in total. The largest absolute Gasteiger partial charge is 0.416 e. The van der Waals surface area contributed by atoms with Gasteiger partial charge in [-0.15, -0.1) is 0 Å². The zero-order valence-electron chi connectivity index (χ0n) is 13.9. The number of alkyl halides is 3. The zero-order valence-corrected chi connectivity index (χ0v) is 14.7. The van der Waals surface area contributed by atoms with Gasteiger partial charge in [0, 0.05) is 33.1 Å². The zero-order chi connectivity index (χ0) is 18.9. The number of aryl methyl sites for hydroxylation is 1. The van der Waals surface area contributed by atoms with Crippen molar-refractivity contribution in [1.82, 2.24) is 19.3 Å². The van der Waals surface area contributed by atoms with Crippen molar-refractivity contribution in [3.05, 3.63) is 41.5 Å². The molecule has 1 saturated heterocycles. The second-order valence-corrected chi connectivity index (χ2v) is 7.87. The van der Waals surface area contributed by atoms with Crippen LogP contribution in [0.1, 0.15) is 17.3 Å². The molecule has 0 atom stereocenters. The van der Waals surface area contributed by atoms with E-state index in [1.54, 1.807) is 6.92 Å². The number of aromatic nitrogens is 2. The molecule has 142 valence electrons. The van der Waals surface area contributed by atoms with Gasteiger partial charge in [-0.2, -0.15) is 22.5 Å². The molecule has 2 heterocycles. The molecule has 2 aromatic rings. The fraction of sp³-hybridized carbons (Fsp3) is 0.467. The average molecular weight is 390 g/mol. The summed E-state index contributed by atoms with van der Waals surface area (Å²) in [6.45, 7) is 3.30. The first-order chi connectivity index (χ1) is 12.2. The van der Waals surface area contributed by atoms with E-state index in [1.807, 2.05) is 4.90 Å². The van der Waals surface area contributed by atoms with Gasteiger partial charge in [-0.3, -0.25) is 4.90 Å². The summed E-state index contributed by atoms with van der Waals surface area (Å²) in [5.74, 6) is 0.961. The number of piperazine rings is 1. The Kier molecular flexibility index (Phi) is 5.04. The molecule has 1 fully saturated rings. The third-order valence-corrected chi connectivity index (χ3v) is 5.96. The van der Waals surface area contributed by atoms with Crippen LogP contribution in [0.25, 0.3) is 0 Å². The highest BCUT2D eigenvalue weighted by atomic mass is 32.2. The second kappa shape index (κ2) is 6.97. The Balaban J connectivity index is 1.68. The average Bonchev–Trinajstić information content (AvgIpc) is 2.99. The minimum absolute atomic E-state index is 0.176. The summed E-state index contributed by atoms with van der Waals surface area (Å²) in [6, 6.07) is 3.80. The molecule has 1 aliphatic heterocycles. The molecule has 3 rings (SSSR count). The maximum Gasteiger partial charge on any atom is 0.416 e. The topological polar surface area (TPSA) is 79.5 Å². The van der Waals surface area contributed by atoms with Crippen molar-refractivity contribution >= 4 is 10.0 Å². The normalized spacial score (nSPS) is 17.5. The van der Waals surface area contributed by atoms with E-state index in [9.17, 15) is 21.6 Å². The third-order valence-electron chi connectivity index (χ3n) is 4.07. The number of hydrogen-bond acceptors (Lipinski definition) is 6. The van der Waals surface area contributed by atoms with Crippen molar-refractivity contribution in [1.29, 1.82) is 0 Å². The van der Waals surface area contributed by atoms with Crippen molar-refractivity contribution in [2.75, 3.05) is 26.2 Å². The van der Waals surface area contributed by atoms with Crippen molar-refractivity contribution in [3.8, 4) is 0 Å². The van der Waals surface area contributed by atoms with Crippen LogP contribution in [0.2, 0.25) is 0 Å². The first kappa shape index (κ1) is 18.8. The molecule has 0 unspecified atom stereocenters. The highest BCUT2D eigenvalue weighted by molar-refractivity contribution is 7.89. The van der Waals surface area contributed by atoms with Gasteiger partial charge in [0.25, 0.3) is 0 Å². The number of hydrogen-bond donors (Lipinski definition) is 0. The molecular formula is C15H17F3N4O3S. The van der Waals surface area contributed by atoms with E-state index < -0.39 is 21.8 Å². The molecule has 0 amide bonds. The Morgan fingerprint density at radius 1 is 1.19 bits per heavy atom. The lowest BCUT2D eigenvalue weighted by Crippen LogP contribution is -2.48. The van der Waals surface area contributed by atoms with E-state index in [-0.39, 0.29) is 18.0 Å². The fourth-order valence-corrected chi connectivity index (χ4v) is 4.18. The number of rotatable bonds is 4. The van der Waals surface area contributed by atoms with Crippen molar-refractivity contribution in [2.45, 2.75) is 24.5 Å². The van der Waals surface area contributed by atoms with Crippen LogP contribution in [-0.4, -0.2) is 53.9 Å². The summed E-state index contributed by atoms with van der Waals surface area (Å²) in [5.41, 5.74) is -0.982. The van der Waals surface area contributed by atoms with E-state index in [1.165, 1.54) is 10.4 Å². The molecule has 1 aromatic carbocycles. The first-order valence-electron chi connectivity index (χ1n) is 7.85. The molecule has 0 saturated carbocycles. The first-order valence-corrected chi connectivity index (χ1v) is 9.29. The third kappa shape index (κ3) is 4.05. The SMILES string of the molecule is Cc1nc(CN2CCN(S(=O)(=O)c3cccc(C(F)(F)F)c3)CC2)no1.